The average molecular weight is 301 g/mol. The van der Waals surface area contributed by atoms with E-state index < -0.39 is 11.9 Å². The van der Waals surface area contributed by atoms with Crippen LogP contribution in [0.15, 0.2) is 36.5 Å². The number of aliphatic hydroxyl groups is 1. The van der Waals surface area contributed by atoms with Crippen molar-refractivity contribution in [3.8, 4) is 0 Å². The van der Waals surface area contributed by atoms with Crippen molar-refractivity contribution in [2.45, 2.75) is 13.0 Å². The van der Waals surface area contributed by atoms with Crippen LogP contribution in [0.3, 0.4) is 0 Å². The molecule has 2 rings (SSSR count). The molecule has 1 aromatic carbocycles. The van der Waals surface area contributed by atoms with Crippen LogP contribution < -0.4 is 5.32 Å². The number of nitrogens with zero attached hydrogens (tertiary/aromatic N) is 1. The summed E-state index contributed by atoms with van der Waals surface area (Å²) in [5.41, 5.74) is 1.50. The van der Waals surface area contributed by atoms with Crippen molar-refractivity contribution in [3.63, 3.8) is 0 Å². The smallest absolute Gasteiger partial charge is 0.151 e. The molecule has 5 nitrogen and oxygen atoms in total. The summed E-state index contributed by atoms with van der Waals surface area (Å²) in [5.74, 6) is -0.440. The Morgan fingerprint density at radius 3 is 2.91 bits per heavy atom. The van der Waals surface area contributed by atoms with Gasteiger partial charge in [-0.05, 0) is 25.1 Å². The number of aliphatic hydroxyl groups excluding tert-OH is 1. The van der Waals surface area contributed by atoms with E-state index in [0.29, 0.717) is 23.1 Å². The number of benzene rings is 1. The fraction of sp³-hybridized carbons (Fsp3) is 0.188. The van der Waals surface area contributed by atoms with E-state index in [4.69, 9.17) is 5.41 Å². The number of anilines is 1. The lowest BCUT2D eigenvalue weighted by Crippen LogP contribution is -2.18. The molecule has 0 spiro atoms. The highest BCUT2D eigenvalue weighted by atomic mass is 19.1. The lowest BCUT2D eigenvalue weighted by Gasteiger charge is -2.14. The van der Waals surface area contributed by atoms with Gasteiger partial charge in [0.1, 0.15) is 11.5 Å². The summed E-state index contributed by atoms with van der Waals surface area (Å²) in [6.45, 7) is 1.86. The van der Waals surface area contributed by atoms with Gasteiger partial charge in [0, 0.05) is 23.9 Å². The maximum absolute atomic E-state index is 13.3. The Bertz CT molecular complexity index is 702. The van der Waals surface area contributed by atoms with Gasteiger partial charge < -0.3 is 10.4 Å². The van der Waals surface area contributed by atoms with E-state index in [9.17, 15) is 14.3 Å². The molecule has 0 fully saturated rings. The van der Waals surface area contributed by atoms with E-state index in [-0.39, 0.29) is 18.0 Å². The number of rotatable bonds is 6. The molecular weight excluding hydrogens is 285 g/mol. The van der Waals surface area contributed by atoms with Gasteiger partial charge in [-0.25, -0.2) is 4.39 Å². The second kappa shape index (κ2) is 6.91. The third-order valence-corrected chi connectivity index (χ3v) is 2.98. The number of hydrogen-bond acceptors (Lipinski definition) is 5. The zero-order valence-electron chi connectivity index (χ0n) is 12.0. The minimum Gasteiger partial charge on any atom is -0.392 e. The standard InChI is InChI=1S/C16H16FN3O2/c1-10(22)7-19-14-5-11(9-21)8-20-16(14)15(18)12-3-2-4-13(17)6-12/h2-6,8-10,18-19,22H,7H2,1H3/t10-/m0/s1. The van der Waals surface area contributed by atoms with Crippen LogP contribution in [0.4, 0.5) is 10.1 Å². The first-order chi connectivity index (χ1) is 10.5. The first-order valence-corrected chi connectivity index (χ1v) is 6.73. The predicted molar refractivity (Wildman–Crippen MR) is 82.1 cm³/mol. The Morgan fingerprint density at radius 1 is 1.50 bits per heavy atom. The largest absolute Gasteiger partial charge is 0.392 e. The van der Waals surface area contributed by atoms with Gasteiger partial charge in [-0.3, -0.25) is 15.2 Å². The molecule has 1 atom stereocenters. The van der Waals surface area contributed by atoms with Gasteiger partial charge in [-0.15, -0.1) is 0 Å². The quantitative estimate of drug-likeness (QED) is 0.564. The highest BCUT2D eigenvalue weighted by molar-refractivity contribution is 6.12. The van der Waals surface area contributed by atoms with E-state index in [1.54, 1.807) is 19.1 Å². The van der Waals surface area contributed by atoms with Crippen LogP contribution in [0.5, 0.6) is 0 Å². The molecule has 2 aromatic rings. The molecule has 0 amide bonds. The monoisotopic (exact) mass is 301 g/mol. The van der Waals surface area contributed by atoms with Crippen molar-refractivity contribution in [1.82, 2.24) is 4.98 Å². The summed E-state index contributed by atoms with van der Waals surface area (Å²) < 4.78 is 13.3. The molecule has 114 valence electrons. The second-order valence-corrected chi connectivity index (χ2v) is 4.90. The van der Waals surface area contributed by atoms with Crippen molar-refractivity contribution in [3.05, 3.63) is 59.2 Å². The summed E-state index contributed by atoms with van der Waals surface area (Å²) in [4.78, 5) is 15.0. The first-order valence-electron chi connectivity index (χ1n) is 6.73. The molecule has 6 heteroatoms. The third-order valence-electron chi connectivity index (χ3n) is 2.98. The molecule has 1 aromatic heterocycles. The lowest BCUT2D eigenvalue weighted by atomic mass is 10.0. The van der Waals surface area contributed by atoms with Gasteiger partial charge in [0.25, 0.3) is 0 Å². The van der Waals surface area contributed by atoms with Gasteiger partial charge in [0.05, 0.1) is 17.5 Å². The minimum atomic E-state index is -0.601. The number of halogens is 1. The number of nitrogens with one attached hydrogen (secondary N) is 2. The number of carbonyl (C=O) groups is 1. The van der Waals surface area contributed by atoms with E-state index in [0.717, 1.165) is 0 Å². The molecule has 0 aliphatic carbocycles. The Balaban J connectivity index is 2.40. The number of hydrogen-bond donors (Lipinski definition) is 3. The zero-order chi connectivity index (χ0) is 16.1. The molecule has 3 N–H and O–H groups in total. The van der Waals surface area contributed by atoms with Crippen LogP contribution in [0.2, 0.25) is 0 Å². The maximum Gasteiger partial charge on any atom is 0.151 e. The maximum atomic E-state index is 13.3. The van der Waals surface area contributed by atoms with Gasteiger partial charge in [0.15, 0.2) is 6.29 Å². The lowest BCUT2D eigenvalue weighted by molar-refractivity contribution is 0.112. The SMILES string of the molecule is C[C@H](O)CNc1cc(C=O)cnc1C(=N)c1cccc(F)c1. The highest BCUT2D eigenvalue weighted by Gasteiger charge is 2.14. The van der Waals surface area contributed by atoms with Gasteiger partial charge in [0.2, 0.25) is 0 Å². The molecule has 0 radical (unpaired) electrons. The van der Waals surface area contributed by atoms with Crippen molar-refractivity contribution < 1.29 is 14.3 Å². The Kier molecular flexibility index (Phi) is 4.95. The number of aromatic nitrogens is 1. The van der Waals surface area contributed by atoms with Crippen molar-refractivity contribution in [2.75, 3.05) is 11.9 Å². The highest BCUT2D eigenvalue weighted by Crippen LogP contribution is 2.19. The van der Waals surface area contributed by atoms with Gasteiger partial charge in [-0.1, -0.05) is 12.1 Å². The van der Waals surface area contributed by atoms with E-state index in [1.807, 2.05) is 0 Å². The van der Waals surface area contributed by atoms with Gasteiger partial charge in [-0.2, -0.15) is 0 Å². The molecule has 0 unspecified atom stereocenters. The third kappa shape index (κ3) is 3.73. The predicted octanol–water partition coefficient (Wildman–Crippen LogP) is 2.24. The summed E-state index contributed by atoms with van der Waals surface area (Å²) in [6.07, 6.45) is 1.40. The van der Waals surface area contributed by atoms with Crippen LogP contribution in [0, 0.1) is 11.2 Å². The topological polar surface area (TPSA) is 86.1 Å². The van der Waals surface area contributed by atoms with E-state index in [2.05, 4.69) is 10.3 Å². The molecule has 0 saturated heterocycles. The fourth-order valence-electron chi connectivity index (χ4n) is 1.92. The van der Waals surface area contributed by atoms with Crippen LogP contribution in [-0.4, -0.2) is 34.7 Å². The Morgan fingerprint density at radius 2 is 2.27 bits per heavy atom. The first kappa shape index (κ1) is 15.8. The normalized spacial score (nSPS) is 11.8. The Labute approximate surface area is 127 Å². The van der Waals surface area contributed by atoms with Crippen LogP contribution in [0.25, 0.3) is 0 Å². The average Bonchev–Trinajstić information content (AvgIpc) is 2.52. The van der Waals surface area contributed by atoms with Crippen molar-refractivity contribution in [1.29, 1.82) is 5.41 Å². The zero-order valence-corrected chi connectivity index (χ0v) is 12.0. The number of carbonyl (C=O) groups excluding carboxylic acids is 1. The number of pyridine rings is 1. The summed E-state index contributed by atoms with van der Waals surface area (Å²) in [7, 11) is 0. The molecule has 22 heavy (non-hydrogen) atoms. The van der Waals surface area contributed by atoms with Crippen LogP contribution >= 0.6 is 0 Å². The van der Waals surface area contributed by atoms with Gasteiger partial charge >= 0.3 is 0 Å². The van der Waals surface area contributed by atoms with Crippen molar-refractivity contribution >= 4 is 17.7 Å². The summed E-state index contributed by atoms with van der Waals surface area (Å²) in [6, 6.07) is 7.22. The second-order valence-electron chi connectivity index (χ2n) is 4.90. The summed E-state index contributed by atoms with van der Waals surface area (Å²) in [5, 5.41) is 20.5. The number of aldehydes is 1. The molecule has 0 bridgehead atoms. The molecular formula is C16H16FN3O2. The van der Waals surface area contributed by atoms with Crippen LogP contribution in [0.1, 0.15) is 28.5 Å². The molecule has 0 saturated carbocycles. The summed E-state index contributed by atoms with van der Waals surface area (Å²) >= 11 is 0. The Hall–Kier alpha value is -2.60. The molecule has 0 aliphatic rings. The fourth-order valence-corrected chi connectivity index (χ4v) is 1.92. The van der Waals surface area contributed by atoms with E-state index in [1.165, 1.54) is 24.4 Å². The molecule has 0 aliphatic heterocycles. The molecule has 1 heterocycles. The van der Waals surface area contributed by atoms with E-state index >= 15 is 0 Å². The van der Waals surface area contributed by atoms with Crippen molar-refractivity contribution in [2.24, 2.45) is 0 Å². The minimum absolute atomic E-state index is 0.0324. The van der Waals surface area contributed by atoms with Crippen LogP contribution in [-0.2, 0) is 0 Å².